The fourth-order valence-electron chi connectivity index (χ4n) is 1.70. The number of nitrogens with zero attached hydrogens (tertiary/aromatic N) is 1. The van der Waals surface area contributed by atoms with Crippen molar-refractivity contribution in [1.82, 2.24) is 0 Å². The maximum absolute atomic E-state index is 8.81. The van der Waals surface area contributed by atoms with Crippen LogP contribution in [0.2, 0.25) is 0 Å². The van der Waals surface area contributed by atoms with Gasteiger partial charge in [-0.1, -0.05) is 18.2 Å². The summed E-state index contributed by atoms with van der Waals surface area (Å²) in [6.45, 7) is 0.909. The van der Waals surface area contributed by atoms with E-state index in [9.17, 15) is 0 Å². The predicted molar refractivity (Wildman–Crippen MR) is 80.4 cm³/mol. The number of ether oxygens (including phenoxy) is 2. The molecule has 0 aromatic heterocycles. The van der Waals surface area contributed by atoms with Crippen LogP contribution in [0.5, 0.6) is 11.5 Å². The molecule has 0 amide bonds. The molecular weight excluding hydrogens is 270 g/mol. The Balaban J connectivity index is 1.83. The van der Waals surface area contributed by atoms with E-state index in [-0.39, 0.29) is 0 Å². The number of rotatable bonds is 6. The summed E-state index contributed by atoms with van der Waals surface area (Å²) in [5, 5.41) is 8.81. The summed E-state index contributed by atoms with van der Waals surface area (Å²) < 4.78 is 11.3. The topological polar surface area (TPSA) is 42.2 Å². The van der Waals surface area contributed by atoms with Gasteiger partial charge in [0.25, 0.3) is 0 Å². The van der Waals surface area contributed by atoms with Crippen LogP contribution >= 0.6 is 11.8 Å². The molecule has 0 spiro atoms. The van der Waals surface area contributed by atoms with Crippen LogP contribution in [0.1, 0.15) is 5.56 Å². The lowest BCUT2D eigenvalue weighted by molar-refractivity contribution is 0.214. The molecule has 0 radical (unpaired) electrons. The van der Waals surface area contributed by atoms with Gasteiger partial charge in [0.2, 0.25) is 0 Å². The van der Waals surface area contributed by atoms with Gasteiger partial charge in [-0.3, -0.25) is 0 Å². The third-order valence-electron chi connectivity index (χ3n) is 2.64. The van der Waals surface area contributed by atoms with Crippen molar-refractivity contribution in [3.05, 3.63) is 54.1 Å². The molecule has 3 nitrogen and oxygen atoms in total. The molecule has 0 N–H and O–H groups in total. The quantitative estimate of drug-likeness (QED) is 0.599. The highest BCUT2D eigenvalue weighted by atomic mass is 32.2. The summed E-state index contributed by atoms with van der Waals surface area (Å²) in [5.74, 6) is 1.56. The Bertz CT molecular complexity index is 607. The lowest BCUT2D eigenvalue weighted by Gasteiger charge is -2.10. The Labute approximate surface area is 123 Å². The second-order valence-electron chi connectivity index (χ2n) is 3.99. The minimum atomic E-state index is 0.442. The van der Waals surface area contributed by atoms with E-state index in [1.807, 2.05) is 36.6 Å². The van der Waals surface area contributed by atoms with E-state index >= 15 is 0 Å². The maximum Gasteiger partial charge on any atom is 0.133 e. The second kappa shape index (κ2) is 7.46. The highest BCUT2D eigenvalue weighted by molar-refractivity contribution is 7.98. The molecule has 0 fully saturated rings. The molecule has 0 saturated carbocycles. The molecule has 0 atom stereocenters. The van der Waals surface area contributed by atoms with Crippen molar-refractivity contribution in [3.63, 3.8) is 0 Å². The van der Waals surface area contributed by atoms with Gasteiger partial charge in [0, 0.05) is 4.90 Å². The average Bonchev–Trinajstić information content (AvgIpc) is 2.52. The van der Waals surface area contributed by atoms with E-state index in [4.69, 9.17) is 14.7 Å². The first-order chi connectivity index (χ1) is 9.83. The number of nitriles is 1. The van der Waals surface area contributed by atoms with Crippen molar-refractivity contribution in [2.75, 3.05) is 19.5 Å². The van der Waals surface area contributed by atoms with Crippen LogP contribution in [-0.4, -0.2) is 19.5 Å². The molecule has 0 aliphatic rings. The molecule has 4 heteroatoms. The molecule has 102 valence electrons. The van der Waals surface area contributed by atoms with E-state index in [2.05, 4.69) is 6.07 Å². The number of benzene rings is 2. The summed E-state index contributed by atoms with van der Waals surface area (Å²) >= 11 is 1.65. The molecule has 0 bridgehead atoms. The maximum atomic E-state index is 8.81. The van der Waals surface area contributed by atoms with Crippen molar-refractivity contribution >= 4 is 11.8 Å². The van der Waals surface area contributed by atoms with Crippen molar-refractivity contribution in [2.45, 2.75) is 4.90 Å². The first kappa shape index (κ1) is 14.3. The highest BCUT2D eigenvalue weighted by Crippen LogP contribution is 2.26. The van der Waals surface area contributed by atoms with E-state index in [1.165, 1.54) is 0 Å². The summed E-state index contributed by atoms with van der Waals surface area (Å²) in [7, 11) is 0. The monoisotopic (exact) mass is 285 g/mol. The van der Waals surface area contributed by atoms with Gasteiger partial charge in [0.1, 0.15) is 24.7 Å². The summed E-state index contributed by atoms with van der Waals surface area (Å²) in [6.07, 6.45) is 2.02. The van der Waals surface area contributed by atoms with E-state index < -0.39 is 0 Å². The minimum absolute atomic E-state index is 0.442. The van der Waals surface area contributed by atoms with Gasteiger partial charge in [-0.2, -0.15) is 5.26 Å². The number of para-hydroxylation sites is 1. The Morgan fingerprint density at radius 2 is 1.85 bits per heavy atom. The van der Waals surface area contributed by atoms with Crippen molar-refractivity contribution in [3.8, 4) is 17.6 Å². The number of hydrogen-bond acceptors (Lipinski definition) is 4. The molecule has 0 heterocycles. The standard InChI is InChI=1S/C16H15NO2S/c1-20-16-8-3-2-7-15(16)19-10-9-18-14-6-4-5-13(11-14)12-17/h2-8,11H,9-10H2,1H3. The van der Waals surface area contributed by atoms with Gasteiger partial charge in [0.15, 0.2) is 0 Å². The van der Waals surface area contributed by atoms with Crippen LogP contribution in [0, 0.1) is 11.3 Å². The Kier molecular flexibility index (Phi) is 5.33. The van der Waals surface area contributed by atoms with Gasteiger partial charge in [-0.15, -0.1) is 11.8 Å². The minimum Gasteiger partial charge on any atom is -0.490 e. The van der Waals surface area contributed by atoms with E-state index in [0.717, 1.165) is 10.6 Å². The molecule has 0 aliphatic carbocycles. The molecular formula is C16H15NO2S. The van der Waals surface area contributed by atoms with Crippen LogP contribution in [0.4, 0.5) is 0 Å². The highest BCUT2D eigenvalue weighted by Gasteiger charge is 2.01. The van der Waals surface area contributed by atoms with Crippen LogP contribution in [0.25, 0.3) is 0 Å². The fraction of sp³-hybridized carbons (Fsp3) is 0.188. The molecule has 2 aromatic carbocycles. The zero-order valence-corrected chi connectivity index (χ0v) is 12.0. The van der Waals surface area contributed by atoms with Gasteiger partial charge >= 0.3 is 0 Å². The number of thioether (sulfide) groups is 1. The van der Waals surface area contributed by atoms with Crippen molar-refractivity contribution in [1.29, 1.82) is 5.26 Å². The smallest absolute Gasteiger partial charge is 0.133 e. The fourth-order valence-corrected chi connectivity index (χ4v) is 2.25. The lowest BCUT2D eigenvalue weighted by atomic mass is 10.2. The van der Waals surface area contributed by atoms with E-state index in [1.54, 1.807) is 30.0 Å². The molecule has 20 heavy (non-hydrogen) atoms. The molecule has 0 saturated heterocycles. The molecule has 2 aromatic rings. The summed E-state index contributed by atoms with van der Waals surface area (Å²) in [5.41, 5.74) is 0.594. The largest absolute Gasteiger partial charge is 0.490 e. The van der Waals surface area contributed by atoms with E-state index in [0.29, 0.717) is 24.5 Å². The zero-order valence-electron chi connectivity index (χ0n) is 11.2. The molecule has 2 rings (SSSR count). The normalized spacial score (nSPS) is 9.80. The third-order valence-corrected chi connectivity index (χ3v) is 3.42. The van der Waals surface area contributed by atoms with Crippen LogP contribution in [0.15, 0.2) is 53.4 Å². The Morgan fingerprint density at radius 3 is 2.65 bits per heavy atom. The SMILES string of the molecule is CSc1ccccc1OCCOc1cccc(C#N)c1. The van der Waals surface area contributed by atoms with Crippen LogP contribution < -0.4 is 9.47 Å². The molecule has 0 aliphatic heterocycles. The average molecular weight is 285 g/mol. The first-order valence-electron chi connectivity index (χ1n) is 6.22. The Morgan fingerprint density at radius 1 is 1.05 bits per heavy atom. The molecule has 0 unspecified atom stereocenters. The van der Waals surface area contributed by atoms with Gasteiger partial charge < -0.3 is 9.47 Å². The van der Waals surface area contributed by atoms with Crippen molar-refractivity contribution in [2.24, 2.45) is 0 Å². The van der Waals surface area contributed by atoms with Crippen LogP contribution in [-0.2, 0) is 0 Å². The Hall–Kier alpha value is -2.12. The first-order valence-corrected chi connectivity index (χ1v) is 7.45. The summed E-state index contributed by atoms with van der Waals surface area (Å²) in [6, 6.07) is 17.1. The zero-order chi connectivity index (χ0) is 14.2. The van der Waals surface area contributed by atoms with Gasteiger partial charge in [-0.25, -0.2) is 0 Å². The van der Waals surface area contributed by atoms with Crippen molar-refractivity contribution < 1.29 is 9.47 Å². The van der Waals surface area contributed by atoms with Crippen LogP contribution in [0.3, 0.4) is 0 Å². The predicted octanol–water partition coefficient (Wildman–Crippen LogP) is 3.74. The second-order valence-corrected chi connectivity index (χ2v) is 4.84. The van der Waals surface area contributed by atoms with Gasteiger partial charge in [-0.05, 0) is 36.6 Å². The van der Waals surface area contributed by atoms with Gasteiger partial charge in [0.05, 0.1) is 11.6 Å². The third kappa shape index (κ3) is 3.94. The lowest BCUT2D eigenvalue weighted by Crippen LogP contribution is -2.09. The summed E-state index contributed by atoms with van der Waals surface area (Å²) in [4.78, 5) is 1.11. The number of hydrogen-bond donors (Lipinski definition) is 0.